The summed E-state index contributed by atoms with van der Waals surface area (Å²) >= 11 is 0. The van der Waals surface area contributed by atoms with Gasteiger partial charge >= 0.3 is 0 Å². The third-order valence-electron chi connectivity index (χ3n) is 5.83. The number of hydrogen-bond donors (Lipinski definition) is 3. The molecule has 138 valence electrons. The summed E-state index contributed by atoms with van der Waals surface area (Å²) < 4.78 is 2.39. The van der Waals surface area contributed by atoms with Gasteiger partial charge in [-0.2, -0.15) is 0 Å². The molecule has 3 aromatic carbocycles. The zero-order valence-corrected chi connectivity index (χ0v) is 15.4. The quantitative estimate of drug-likeness (QED) is 0.380. The van der Waals surface area contributed by atoms with Gasteiger partial charge in [-0.15, -0.1) is 0 Å². The molecule has 28 heavy (non-hydrogen) atoms. The third-order valence-corrected chi connectivity index (χ3v) is 5.83. The molecule has 0 radical (unpaired) electrons. The second-order valence-electron chi connectivity index (χ2n) is 7.38. The fraction of sp³-hybridized carbons (Fsp3) is 0.174. The molecule has 0 fully saturated rings. The minimum atomic E-state index is 0.224. The van der Waals surface area contributed by atoms with Crippen molar-refractivity contribution in [2.24, 2.45) is 0 Å². The van der Waals surface area contributed by atoms with E-state index >= 15 is 0 Å². The van der Waals surface area contributed by atoms with Crippen LogP contribution in [-0.2, 0) is 6.54 Å². The van der Waals surface area contributed by atoms with E-state index in [0.717, 1.165) is 35.9 Å². The van der Waals surface area contributed by atoms with Crippen molar-refractivity contribution in [2.45, 2.75) is 19.4 Å². The molecule has 0 amide bonds. The number of para-hydroxylation sites is 2. The number of hydrogen-bond acceptors (Lipinski definition) is 2. The van der Waals surface area contributed by atoms with Crippen LogP contribution in [0.4, 0.5) is 0 Å². The number of rotatable bonds is 4. The van der Waals surface area contributed by atoms with Crippen LogP contribution < -0.4 is 0 Å². The first-order valence-electron chi connectivity index (χ1n) is 9.76. The molecule has 0 aliphatic rings. The fourth-order valence-corrected chi connectivity index (χ4v) is 4.66. The molecule has 0 unspecified atom stereocenters. The number of benzene rings is 3. The average molecular weight is 368 g/mol. The molecule has 0 saturated heterocycles. The minimum Gasteiger partial charge on any atom is -0.396 e. The molecular formula is C23H20N4O. The van der Waals surface area contributed by atoms with E-state index in [1.54, 1.807) is 0 Å². The molecule has 3 N–H and O–H groups in total. The van der Waals surface area contributed by atoms with E-state index in [4.69, 9.17) is 4.98 Å². The zero-order valence-electron chi connectivity index (χ0n) is 15.4. The summed E-state index contributed by atoms with van der Waals surface area (Å²) in [7, 11) is 0. The van der Waals surface area contributed by atoms with Gasteiger partial charge in [0.1, 0.15) is 0 Å². The summed E-state index contributed by atoms with van der Waals surface area (Å²) in [5, 5.41) is 21.9. The Hall–Kier alpha value is -3.31. The monoisotopic (exact) mass is 368 g/mol. The van der Waals surface area contributed by atoms with Crippen molar-refractivity contribution >= 4 is 54.5 Å². The van der Waals surface area contributed by atoms with Crippen LogP contribution in [0, 0.1) is 0 Å². The molecule has 0 bridgehead atoms. The molecule has 0 saturated carbocycles. The van der Waals surface area contributed by atoms with Crippen LogP contribution >= 0.6 is 0 Å². The van der Waals surface area contributed by atoms with E-state index in [-0.39, 0.29) is 6.61 Å². The highest BCUT2D eigenvalue weighted by Crippen LogP contribution is 2.42. The lowest BCUT2D eigenvalue weighted by atomic mass is 10.0. The Morgan fingerprint density at radius 3 is 2.61 bits per heavy atom. The fourth-order valence-electron chi connectivity index (χ4n) is 4.66. The Kier molecular flexibility index (Phi) is 3.28. The molecule has 0 aliphatic carbocycles. The van der Waals surface area contributed by atoms with Crippen molar-refractivity contribution in [2.75, 3.05) is 6.61 Å². The number of aryl methyl sites for hydroxylation is 1. The van der Waals surface area contributed by atoms with Gasteiger partial charge in [0.25, 0.3) is 0 Å². The number of fused-ring (bicyclic) bond motifs is 10. The smallest absolute Gasteiger partial charge is 0.0981 e. The Balaban J connectivity index is 1.88. The van der Waals surface area contributed by atoms with Gasteiger partial charge in [0.15, 0.2) is 0 Å². The number of nitrogens with one attached hydrogen (secondary N) is 2. The van der Waals surface area contributed by atoms with Crippen molar-refractivity contribution in [3.8, 4) is 0 Å². The van der Waals surface area contributed by atoms with E-state index in [0.29, 0.717) is 0 Å². The first kappa shape index (κ1) is 15.7. The summed E-state index contributed by atoms with van der Waals surface area (Å²) in [6.07, 6.45) is 3.79. The minimum absolute atomic E-state index is 0.224. The van der Waals surface area contributed by atoms with Gasteiger partial charge in [-0.3, -0.25) is 0 Å². The van der Waals surface area contributed by atoms with E-state index < -0.39 is 0 Å². The number of nitrogens with zero attached hydrogens (tertiary/aromatic N) is 2. The third kappa shape index (κ3) is 1.97. The van der Waals surface area contributed by atoms with Crippen LogP contribution in [0.25, 0.3) is 54.5 Å². The van der Waals surface area contributed by atoms with Crippen LogP contribution in [0.3, 0.4) is 0 Å². The van der Waals surface area contributed by atoms with Crippen LogP contribution in [0.2, 0.25) is 0 Å². The number of aromatic nitrogens is 4. The summed E-state index contributed by atoms with van der Waals surface area (Å²) in [6, 6.07) is 16.9. The maximum atomic E-state index is 9.27. The highest BCUT2D eigenvalue weighted by Gasteiger charge is 2.21. The van der Waals surface area contributed by atoms with E-state index in [2.05, 4.69) is 63.4 Å². The summed E-state index contributed by atoms with van der Waals surface area (Å²) in [6.45, 7) is 1.09. The first-order valence-corrected chi connectivity index (χ1v) is 9.76. The highest BCUT2D eigenvalue weighted by molar-refractivity contribution is 6.34. The maximum absolute atomic E-state index is 9.27. The molecule has 5 heteroatoms. The molecule has 3 aromatic heterocycles. The van der Waals surface area contributed by atoms with Crippen molar-refractivity contribution in [1.29, 1.82) is 0 Å². The van der Waals surface area contributed by atoms with Gasteiger partial charge in [-0.05, 0) is 25.0 Å². The predicted octanol–water partition coefficient (Wildman–Crippen LogP) is 5.08. The van der Waals surface area contributed by atoms with Crippen LogP contribution in [-0.4, -0.2) is 31.5 Å². The molecule has 6 rings (SSSR count). The van der Waals surface area contributed by atoms with Crippen molar-refractivity contribution in [3.05, 3.63) is 54.7 Å². The number of aromatic amines is 2. The van der Waals surface area contributed by atoms with Crippen LogP contribution in [0.15, 0.2) is 54.7 Å². The summed E-state index contributed by atoms with van der Waals surface area (Å²) in [5.41, 5.74) is 5.57. The van der Waals surface area contributed by atoms with Crippen molar-refractivity contribution in [3.63, 3.8) is 0 Å². The number of aliphatic hydroxyl groups is 1. The van der Waals surface area contributed by atoms with E-state index in [1.165, 1.54) is 38.0 Å². The second kappa shape index (κ2) is 5.84. The van der Waals surface area contributed by atoms with Gasteiger partial charge in [0.05, 0.1) is 22.1 Å². The Morgan fingerprint density at radius 1 is 0.893 bits per heavy atom. The van der Waals surface area contributed by atoms with Crippen molar-refractivity contribution in [1.82, 2.24) is 19.7 Å². The number of aliphatic hydroxyl groups excluding tert-OH is 1. The summed E-state index contributed by atoms with van der Waals surface area (Å²) in [4.78, 5) is 5.05. The second-order valence-corrected chi connectivity index (χ2v) is 7.38. The van der Waals surface area contributed by atoms with Gasteiger partial charge < -0.3 is 19.9 Å². The predicted molar refractivity (Wildman–Crippen MR) is 115 cm³/mol. The molecule has 0 spiro atoms. The average Bonchev–Trinajstić information content (AvgIpc) is 3.41. The molecule has 3 heterocycles. The van der Waals surface area contributed by atoms with Gasteiger partial charge in [-0.1, -0.05) is 36.4 Å². The van der Waals surface area contributed by atoms with Gasteiger partial charge in [-0.25, -0.2) is 4.98 Å². The largest absolute Gasteiger partial charge is 0.396 e. The normalized spacial score (nSPS) is 12.3. The SMILES string of the molecule is OCCCCn1c2ccccc2c2c3c[nH][nH]c3c3c4ccccc4nc3c21. The number of unbranched alkanes of at least 4 members (excludes halogenated alkanes) is 1. The van der Waals surface area contributed by atoms with Crippen molar-refractivity contribution < 1.29 is 5.11 Å². The molecule has 5 nitrogen and oxygen atoms in total. The lowest BCUT2D eigenvalue weighted by Gasteiger charge is -2.08. The molecule has 6 aromatic rings. The topological polar surface area (TPSA) is 69.6 Å². The highest BCUT2D eigenvalue weighted by atomic mass is 16.2. The maximum Gasteiger partial charge on any atom is 0.0981 e. The Labute approximate surface area is 160 Å². The molecular weight excluding hydrogens is 348 g/mol. The first-order chi connectivity index (χ1) is 13.9. The number of H-pyrrole nitrogens is 2. The zero-order chi connectivity index (χ0) is 18.7. The summed E-state index contributed by atoms with van der Waals surface area (Å²) in [5.74, 6) is 0. The Bertz CT molecular complexity index is 1480. The lowest BCUT2D eigenvalue weighted by molar-refractivity contribution is 0.282. The van der Waals surface area contributed by atoms with E-state index in [1.807, 2.05) is 6.07 Å². The molecule has 0 aliphatic heterocycles. The Morgan fingerprint density at radius 2 is 1.71 bits per heavy atom. The van der Waals surface area contributed by atoms with Gasteiger partial charge in [0, 0.05) is 51.8 Å². The molecule has 0 atom stereocenters. The standard InChI is InChI=1S/C23H20N4O/c28-12-6-5-11-27-18-10-4-2-8-15(18)19-16-13-24-26-21(16)20-14-7-1-3-9-17(14)25-22(20)23(19)27/h1-4,7-10,13,24,26,28H,5-6,11-12H2. The van der Waals surface area contributed by atoms with Crippen LogP contribution in [0.5, 0.6) is 0 Å². The van der Waals surface area contributed by atoms with E-state index in [9.17, 15) is 5.11 Å². The van der Waals surface area contributed by atoms with Crippen LogP contribution in [0.1, 0.15) is 12.8 Å². The lowest BCUT2D eigenvalue weighted by Crippen LogP contribution is -1.99. The van der Waals surface area contributed by atoms with Gasteiger partial charge in [0.2, 0.25) is 0 Å².